The maximum Gasteiger partial charge on any atom is 0.411 e. The van der Waals surface area contributed by atoms with Crippen molar-refractivity contribution in [3.8, 4) is 11.5 Å². The second kappa shape index (κ2) is 7.15. The van der Waals surface area contributed by atoms with Gasteiger partial charge >= 0.3 is 12.1 Å². The number of nitrogens with zero attached hydrogens (tertiary/aromatic N) is 1. The number of ether oxygens (including phenoxy) is 4. The molecule has 8 heteroatoms. The smallest absolute Gasteiger partial charge is 0.411 e. The summed E-state index contributed by atoms with van der Waals surface area (Å²) < 4.78 is 21.9. The predicted octanol–water partition coefficient (Wildman–Crippen LogP) is 3.65. The number of esters is 1. The molecule has 29 heavy (non-hydrogen) atoms. The van der Waals surface area contributed by atoms with Crippen molar-refractivity contribution in [2.45, 2.75) is 24.6 Å². The van der Waals surface area contributed by atoms with E-state index in [-0.39, 0.29) is 6.54 Å². The van der Waals surface area contributed by atoms with Gasteiger partial charge in [-0.25, -0.2) is 9.59 Å². The third-order valence-corrected chi connectivity index (χ3v) is 5.29. The molecule has 0 bridgehead atoms. The molecule has 2 aromatic carbocycles. The summed E-state index contributed by atoms with van der Waals surface area (Å²) in [5.41, 5.74) is 0.635. The normalized spacial score (nSPS) is 20.6. The molecule has 2 aliphatic rings. The van der Waals surface area contributed by atoms with Crippen LogP contribution in [0, 0.1) is 0 Å². The van der Waals surface area contributed by atoms with E-state index in [1.807, 2.05) is 24.3 Å². The molecular weight excluding hydrogens is 398 g/mol. The molecule has 2 aliphatic heterocycles. The van der Waals surface area contributed by atoms with Crippen LogP contribution >= 0.6 is 11.6 Å². The minimum atomic E-state index is -1.17. The van der Waals surface area contributed by atoms with Crippen LogP contribution in [0.15, 0.2) is 36.4 Å². The van der Waals surface area contributed by atoms with Gasteiger partial charge in [0.2, 0.25) is 0 Å². The van der Waals surface area contributed by atoms with Crippen molar-refractivity contribution < 1.29 is 28.5 Å². The van der Waals surface area contributed by atoms with Crippen molar-refractivity contribution in [2.75, 3.05) is 20.8 Å². The van der Waals surface area contributed by atoms with Gasteiger partial charge in [-0.3, -0.25) is 4.90 Å². The number of amides is 1. The van der Waals surface area contributed by atoms with E-state index in [1.165, 1.54) is 19.1 Å². The molecule has 0 saturated carbocycles. The first-order valence-electron chi connectivity index (χ1n) is 9.08. The summed E-state index contributed by atoms with van der Waals surface area (Å²) in [6, 6.07) is 11.0. The molecule has 2 aromatic rings. The molecule has 1 amide bonds. The third kappa shape index (κ3) is 2.97. The summed E-state index contributed by atoms with van der Waals surface area (Å²) in [6.45, 7) is 1.98. The second-order valence-electron chi connectivity index (χ2n) is 6.88. The van der Waals surface area contributed by atoms with E-state index in [2.05, 4.69) is 0 Å². The van der Waals surface area contributed by atoms with E-state index < -0.39 is 23.2 Å². The lowest BCUT2D eigenvalue weighted by molar-refractivity contribution is -0.0151. The lowest BCUT2D eigenvalue weighted by atomic mass is 9.80. The Morgan fingerprint density at radius 2 is 1.93 bits per heavy atom. The van der Waals surface area contributed by atoms with Gasteiger partial charge in [0.15, 0.2) is 22.7 Å². The first-order chi connectivity index (χ1) is 13.9. The van der Waals surface area contributed by atoms with E-state index >= 15 is 0 Å². The Hall–Kier alpha value is -2.93. The second-order valence-corrected chi connectivity index (χ2v) is 7.49. The van der Waals surface area contributed by atoms with Crippen LogP contribution in [0.25, 0.3) is 0 Å². The maximum absolute atomic E-state index is 12.9. The molecule has 0 N–H and O–H groups in total. The quantitative estimate of drug-likeness (QED) is 0.560. The summed E-state index contributed by atoms with van der Waals surface area (Å²) in [7, 11) is 2.97. The molecule has 2 atom stereocenters. The van der Waals surface area contributed by atoms with Crippen molar-refractivity contribution in [1.29, 1.82) is 0 Å². The summed E-state index contributed by atoms with van der Waals surface area (Å²) in [6.07, 6.45) is -0.577. The average molecular weight is 418 g/mol. The molecule has 0 saturated heterocycles. The van der Waals surface area contributed by atoms with Gasteiger partial charge < -0.3 is 18.9 Å². The zero-order chi connectivity index (χ0) is 20.8. The van der Waals surface area contributed by atoms with Crippen LogP contribution in [0.4, 0.5) is 4.79 Å². The van der Waals surface area contributed by atoms with Gasteiger partial charge in [0, 0.05) is 17.7 Å². The molecule has 4 rings (SSSR count). The van der Waals surface area contributed by atoms with Crippen LogP contribution in [0.2, 0.25) is 0 Å². The van der Waals surface area contributed by atoms with E-state index in [0.29, 0.717) is 29.2 Å². The summed E-state index contributed by atoms with van der Waals surface area (Å²) in [4.78, 5) is 27.0. The number of fused-ring (bicyclic) bond motifs is 4. The molecular formula is C21H20ClNO6. The van der Waals surface area contributed by atoms with Gasteiger partial charge in [0.05, 0.1) is 20.8 Å². The first kappa shape index (κ1) is 19.4. The maximum atomic E-state index is 12.9. The highest BCUT2D eigenvalue weighted by Crippen LogP contribution is 2.50. The number of halogens is 1. The lowest BCUT2D eigenvalue weighted by Gasteiger charge is -2.40. The van der Waals surface area contributed by atoms with Crippen molar-refractivity contribution >= 4 is 23.7 Å². The van der Waals surface area contributed by atoms with Crippen LogP contribution in [0.3, 0.4) is 0 Å². The fourth-order valence-electron chi connectivity index (χ4n) is 4.06. The van der Waals surface area contributed by atoms with Gasteiger partial charge in [-0.1, -0.05) is 35.9 Å². The van der Waals surface area contributed by atoms with E-state index in [0.717, 1.165) is 11.1 Å². The van der Waals surface area contributed by atoms with Crippen LogP contribution in [0.1, 0.15) is 34.0 Å². The lowest BCUT2D eigenvalue weighted by Crippen LogP contribution is -2.49. The summed E-state index contributed by atoms with van der Waals surface area (Å²) >= 11 is 5.83. The Labute approximate surface area is 173 Å². The van der Waals surface area contributed by atoms with Crippen LogP contribution in [-0.2, 0) is 21.6 Å². The highest BCUT2D eigenvalue weighted by atomic mass is 35.5. The van der Waals surface area contributed by atoms with E-state index in [9.17, 15) is 9.59 Å². The standard InChI is InChI=1S/C21H20ClNO6/c1-12(22)28-20(25)23-10-13-6-4-5-7-14(13)21(11-23)15-8-9-16(26-2)18(27-3)17(15)19(24)29-21/h4-9,12H,10-11H2,1-3H3. The topological polar surface area (TPSA) is 74.3 Å². The predicted molar refractivity (Wildman–Crippen MR) is 104 cm³/mol. The number of hydrogen-bond donors (Lipinski definition) is 0. The van der Waals surface area contributed by atoms with E-state index in [1.54, 1.807) is 19.1 Å². The number of alkyl halides is 1. The monoisotopic (exact) mass is 417 g/mol. The average Bonchev–Trinajstić information content (AvgIpc) is 2.98. The van der Waals surface area contributed by atoms with Gasteiger partial charge in [-0.15, -0.1) is 0 Å². The molecule has 2 heterocycles. The zero-order valence-electron chi connectivity index (χ0n) is 16.2. The molecule has 0 aromatic heterocycles. The highest BCUT2D eigenvalue weighted by Gasteiger charge is 2.53. The number of methoxy groups -OCH3 is 2. The molecule has 0 radical (unpaired) electrons. The zero-order valence-corrected chi connectivity index (χ0v) is 17.0. The van der Waals surface area contributed by atoms with Crippen LogP contribution in [-0.4, -0.2) is 43.3 Å². The largest absolute Gasteiger partial charge is 0.493 e. The van der Waals surface area contributed by atoms with Crippen molar-refractivity contribution in [1.82, 2.24) is 4.90 Å². The fraction of sp³-hybridized carbons (Fsp3) is 0.333. The van der Waals surface area contributed by atoms with Crippen molar-refractivity contribution in [2.24, 2.45) is 0 Å². The minimum Gasteiger partial charge on any atom is -0.493 e. The Morgan fingerprint density at radius 1 is 1.17 bits per heavy atom. The number of hydrogen-bond acceptors (Lipinski definition) is 6. The number of rotatable bonds is 3. The number of carbonyl (C=O) groups excluding carboxylic acids is 2. The van der Waals surface area contributed by atoms with Gasteiger partial charge in [0.1, 0.15) is 5.56 Å². The molecule has 0 fully saturated rings. The molecule has 2 unspecified atom stereocenters. The van der Waals surface area contributed by atoms with E-state index in [4.69, 9.17) is 30.5 Å². The van der Waals surface area contributed by atoms with Crippen molar-refractivity contribution in [3.05, 3.63) is 58.7 Å². The van der Waals surface area contributed by atoms with Crippen molar-refractivity contribution in [3.63, 3.8) is 0 Å². The Bertz CT molecular complexity index is 991. The first-order valence-corrected chi connectivity index (χ1v) is 9.51. The fourth-order valence-corrected chi connectivity index (χ4v) is 4.13. The van der Waals surface area contributed by atoms with Gasteiger partial charge in [0.25, 0.3) is 0 Å². The molecule has 152 valence electrons. The highest BCUT2D eigenvalue weighted by molar-refractivity contribution is 6.19. The Kier molecular flexibility index (Phi) is 4.78. The molecule has 1 spiro atoms. The minimum absolute atomic E-state index is 0.0979. The van der Waals surface area contributed by atoms with Crippen LogP contribution < -0.4 is 9.47 Å². The van der Waals surface area contributed by atoms with Gasteiger partial charge in [-0.2, -0.15) is 0 Å². The summed E-state index contributed by atoms with van der Waals surface area (Å²) in [5, 5.41) is 0. The summed E-state index contributed by atoms with van der Waals surface area (Å²) in [5.74, 6) is 0.196. The SMILES string of the molecule is COc1ccc2c(c1OC)C(=O)OC21CN(C(=O)OC(C)Cl)Cc2ccccc21. The number of carbonyl (C=O) groups is 2. The Morgan fingerprint density at radius 3 is 2.62 bits per heavy atom. The third-order valence-electron chi connectivity index (χ3n) is 5.20. The Balaban J connectivity index is 1.90. The van der Waals surface area contributed by atoms with Crippen LogP contribution in [0.5, 0.6) is 11.5 Å². The number of benzene rings is 2. The molecule has 7 nitrogen and oxygen atoms in total. The van der Waals surface area contributed by atoms with Gasteiger partial charge in [-0.05, 0) is 24.6 Å². The molecule has 0 aliphatic carbocycles.